The second-order valence-corrected chi connectivity index (χ2v) is 7.75. The van der Waals surface area contributed by atoms with Crippen LogP contribution in [0.25, 0.3) is 0 Å². The molecule has 0 aliphatic rings. The summed E-state index contributed by atoms with van der Waals surface area (Å²) < 4.78 is 5.37. The van der Waals surface area contributed by atoms with E-state index in [1.54, 1.807) is 0 Å². The van der Waals surface area contributed by atoms with Crippen LogP contribution < -0.4 is 10.6 Å². The molecule has 0 atom stereocenters. The zero-order chi connectivity index (χ0) is 19.0. The van der Waals surface area contributed by atoms with E-state index in [0.717, 1.165) is 36.9 Å². The molecule has 0 radical (unpaired) electrons. The van der Waals surface area contributed by atoms with Crippen LogP contribution in [0.2, 0.25) is 0 Å². The molecule has 1 aromatic heterocycles. The van der Waals surface area contributed by atoms with Crippen LogP contribution in [-0.4, -0.2) is 24.2 Å². The van der Waals surface area contributed by atoms with Gasteiger partial charge in [-0.25, -0.2) is 4.99 Å². The fourth-order valence-corrected chi connectivity index (χ4v) is 2.71. The van der Waals surface area contributed by atoms with Crippen molar-refractivity contribution in [2.75, 3.05) is 13.1 Å². The summed E-state index contributed by atoms with van der Waals surface area (Å²) in [6.07, 6.45) is 1.01. The van der Waals surface area contributed by atoms with Crippen LogP contribution >= 0.6 is 24.0 Å². The van der Waals surface area contributed by atoms with Crippen LogP contribution in [0.5, 0.6) is 0 Å². The predicted octanol–water partition coefficient (Wildman–Crippen LogP) is 4.74. The standard InChI is InChI=1S/C21H32N4O.HI/c1-6-22-20(23-14-18-12-19(16(2)3)25-26-18)24-15-21(4,5)13-17-10-8-7-9-11-17;/h7-12,16H,6,13-15H2,1-5H3,(H2,22,23,24);1H. The van der Waals surface area contributed by atoms with Gasteiger partial charge in [-0.2, -0.15) is 0 Å². The van der Waals surface area contributed by atoms with Crippen molar-refractivity contribution in [3.05, 3.63) is 53.4 Å². The summed E-state index contributed by atoms with van der Waals surface area (Å²) in [5, 5.41) is 10.8. The van der Waals surface area contributed by atoms with Gasteiger partial charge in [0, 0.05) is 19.2 Å². The Morgan fingerprint density at radius 2 is 1.89 bits per heavy atom. The molecule has 0 aliphatic carbocycles. The normalized spacial score (nSPS) is 12.0. The molecule has 0 bridgehead atoms. The molecule has 0 amide bonds. The number of halogens is 1. The summed E-state index contributed by atoms with van der Waals surface area (Å²) in [6.45, 7) is 12.9. The van der Waals surface area contributed by atoms with Gasteiger partial charge in [-0.1, -0.05) is 63.2 Å². The van der Waals surface area contributed by atoms with Crippen molar-refractivity contribution in [2.24, 2.45) is 10.4 Å². The van der Waals surface area contributed by atoms with Crippen LogP contribution in [0.15, 0.2) is 45.9 Å². The number of nitrogens with zero attached hydrogens (tertiary/aromatic N) is 2. The summed E-state index contributed by atoms with van der Waals surface area (Å²) in [4.78, 5) is 4.63. The first-order valence-corrected chi connectivity index (χ1v) is 9.41. The van der Waals surface area contributed by atoms with Crippen molar-refractivity contribution < 1.29 is 4.52 Å². The highest BCUT2D eigenvalue weighted by Crippen LogP contribution is 2.20. The van der Waals surface area contributed by atoms with Crippen molar-refractivity contribution >= 4 is 29.9 Å². The lowest BCUT2D eigenvalue weighted by molar-refractivity contribution is 0.358. The zero-order valence-corrected chi connectivity index (χ0v) is 19.4. The summed E-state index contributed by atoms with van der Waals surface area (Å²) in [5.74, 6) is 1.95. The fraction of sp³-hybridized carbons (Fsp3) is 0.524. The van der Waals surface area contributed by atoms with Gasteiger partial charge >= 0.3 is 0 Å². The van der Waals surface area contributed by atoms with Crippen molar-refractivity contribution in [3.8, 4) is 0 Å². The summed E-state index contributed by atoms with van der Waals surface area (Å²) in [6, 6.07) is 12.6. The predicted molar refractivity (Wildman–Crippen MR) is 123 cm³/mol. The van der Waals surface area contributed by atoms with E-state index in [2.05, 4.69) is 85.7 Å². The van der Waals surface area contributed by atoms with Crippen LogP contribution in [0.4, 0.5) is 0 Å². The monoisotopic (exact) mass is 484 g/mol. The number of nitrogens with one attached hydrogen (secondary N) is 2. The lowest BCUT2D eigenvalue weighted by Gasteiger charge is -2.26. The van der Waals surface area contributed by atoms with Gasteiger partial charge in [-0.15, -0.1) is 24.0 Å². The minimum Gasteiger partial charge on any atom is -0.359 e. The molecule has 0 fully saturated rings. The van der Waals surface area contributed by atoms with E-state index in [4.69, 9.17) is 4.52 Å². The number of benzene rings is 1. The molecular formula is C21H33IN4O. The lowest BCUT2D eigenvalue weighted by Crippen LogP contribution is -2.42. The second kappa shape index (κ2) is 11.3. The van der Waals surface area contributed by atoms with Crippen molar-refractivity contribution in [1.29, 1.82) is 0 Å². The first-order valence-electron chi connectivity index (χ1n) is 9.41. The molecule has 2 N–H and O–H groups in total. The molecule has 0 saturated heterocycles. The summed E-state index contributed by atoms with van der Waals surface area (Å²) in [5.41, 5.74) is 2.44. The van der Waals surface area contributed by atoms with Crippen LogP contribution in [-0.2, 0) is 13.0 Å². The van der Waals surface area contributed by atoms with Gasteiger partial charge in [0.1, 0.15) is 6.54 Å². The Morgan fingerprint density at radius 1 is 1.19 bits per heavy atom. The molecule has 27 heavy (non-hydrogen) atoms. The Kier molecular flexibility index (Phi) is 9.83. The maximum atomic E-state index is 5.37. The Morgan fingerprint density at radius 3 is 2.48 bits per heavy atom. The molecule has 6 heteroatoms. The average molecular weight is 484 g/mol. The molecular weight excluding hydrogens is 451 g/mol. The van der Waals surface area contributed by atoms with E-state index in [-0.39, 0.29) is 29.4 Å². The average Bonchev–Trinajstić information content (AvgIpc) is 3.07. The van der Waals surface area contributed by atoms with Crippen LogP contribution in [0.1, 0.15) is 57.6 Å². The zero-order valence-electron chi connectivity index (χ0n) is 17.1. The first kappa shape index (κ1) is 23.5. The Bertz CT molecular complexity index is 695. The van der Waals surface area contributed by atoms with E-state index >= 15 is 0 Å². The molecule has 1 aromatic carbocycles. The molecule has 5 nitrogen and oxygen atoms in total. The third-order valence-electron chi connectivity index (χ3n) is 4.17. The molecule has 1 heterocycles. The topological polar surface area (TPSA) is 62.5 Å². The Labute approximate surface area is 180 Å². The number of aliphatic imine (C=N–C) groups is 1. The van der Waals surface area contributed by atoms with Gasteiger partial charge in [-0.05, 0) is 30.2 Å². The Hall–Kier alpha value is -1.57. The number of aromatic nitrogens is 1. The highest BCUT2D eigenvalue weighted by Gasteiger charge is 2.19. The number of hydrogen-bond acceptors (Lipinski definition) is 3. The van der Waals surface area contributed by atoms with E-state index < -0.39 is 0 Å². The van der Waals surface area contributed by atoms with E-state index in [0.29, 0.717) is 12.5 Å². The van der Waals surface area contributed by atoms with Crippen molar-refractivity contribution in [2.45, 2.75) is 53.5 Å². The molecule has 2 rings (SSSR count). The summed E-state index contributed by atoms with van der Waals surface area (Å²) >= 11 is 0. The third kappa shape index (κ3) is 8.32. The van der Waals surface area contributed by atoms with Gasteiger partial charge in [0.25, 0.3) is 0 Å². The highest BCUT2D eigenvalue weighted by molar-refractivity contribution is 14.0. The second-order valence-electron chi connectivity index (χ2n) is 7.75. The Balaban J connectivity index is 0.00000364. The van der Waals surface area contributed by atoms with E-state index in [9.17, 15) is 0 Å². The quantitative estimate of drug-likeness (QED) is 0.323. The number of rotatable bonds is 8. The smallest absolute Gasteiger partial charge is 0.191 e. The van der Waals surface area contributed by atoms with Crippen LogP contribution in [0.3, 0.4) is 0 Å². The van der Waals surface area contributed by atoms with Gasteiger partial charge < -0.3 is 15.2 Å². The molecule has 0 saturated carbocycles. The highest BCUT2D eigenvalue weighted by atomic mass is 127. The van der Waals surface area contributed by atoms with Gasteiger partial charge in [0.15, 0.2) is 11.7 Å². The minimum absolute atomic E-state index is 0. The largest absolute Gasteiger partial charge is 0.359 e. The van der Waals surface area contributed by atoms with E-state index in [1.807, 2.05) is 6.07 Å². The van der Waals surface area contributed by atoms with Gasteiger partial charge in [0.2, 0.25) is 0 Å². The van der Waals surface area contributed by atoms with Gasteiger partial charge in [-0.3, -0.25) is 0 Å². The van der Waals surface area contributed by atoms with Crippen molar-refractivity contribution in [3.63, 3.8) is 0 Å². The first-order chi connectivity index (χ1) is 12.4. The molecule has 2 aromatic rings. The lowest BCUT2D eigenvalue weighted by atomic mass is 9.86. The minimum atomic E-state index is 0. The van der Waals surface area contributed by atoms with Gasteiger partial charge in [0.05, 0.1) is 5.69 Å². The van der Waals surface area contributed by atoms with Crippen molar-refractivity contribution in [1.82, 2.24) is 15.8 Å². The molecule has 150 valence electrons. The molecule has 0 spiro atoms. The fourth-order valence-electron chi connectivity index (χ4n) is 2.71. The molecule has 0 aliphatic heterocycles. The SMILES string of the molecule is CCNC(=NCc1cc(C(C)C)no1)NCC(C)(C)Cc1ccccc1.I. The van der Waals surface area contributed by atoms with Crippen LogP contribution in [0, 0.1) is 5.41 Å². The molecule has 0 unspecified atom stereocenters. The maximum Gasteiger partial charge on any atom is 0.191 e. The van der Waals surface area contributed by atoms with E-state index in [1.165, 1.54) is 5.56 Å². The number of guanidine groups is 1. The third-order valence-corrected chi connectivity index (χ3v) is 4.17. The maximum absolute atomic E-state index is 5.37. The number of hydrogen-bond donors (Lipinski definition) is 2. The summed E-state index contributed by atoms with van der Waals surface area (Å²) in [7, 11) is 0.